The SMILES string of the molecule is COc1cccc(C2CC2C(=O)NC(CO)c2ccccc2)c1. The molecule has 1 amide bonds. The van der Waals surface area contributed by atoms with Crippen LogP contribution < -0.4 is 10.1 Å². The van der Waals surface area contributed by atoms with Crippen molar-refractivity contribution in [3.63, 3.8) is 0 Å². The molecule has 120 valence electrons. The van der Waals surface area contributed by atoms with E-state index in [0.717, 1.165) is 23.3 Å². The van der Waals surface area contributed by atoms with Crippen LogP contribution in [-0.2, 0) is 4.79 Å². The first-order valence-electron chi connectivity index (χ1n) is 7.83. The van der Waals surface area contributed by atoms with Gasteiger partial charge in [-0.3, -0.25) is 4.79 Å². The van der Waals surface area contributed by atoms with Gasteiger partial charge in [-0.25, -0.2) is 0 Å². The predicted molar refractivity (Wildman–Crippen MR) is 88.3 cm³/mol. The Balaban J connectivity index is 1.63. The number of methoxy groups -OCH3 is 1. The molecule has 4 heteroatoms. The maximum atomic E-state index is 12.4. The Bertz CT molecular complexity index is 671. The molecule has 3 rings (SSSR count). The molecule has 0 aliphatic heterocycles. The average Bonchev–Trinajstić information content (AvgIpc) is 3.41. The van der Waals surface area contributed by atoms with Gasteiger partial charge in [-0.05, 0) is 35.6 Å². The van der Waals surface area contributed by atoms with Crippen LogP contribution in [0, 0.1) is 5.92 Å². The molecule has 1 fully saturated rings. The first-order valence-corrected chi connectivity index (χ1v) is 7.83. The minimum Gasteiger partial charge on any atom is -0.497 e. The van der Waals surface area contributed by atoms with Gasteiger partial charge in [0.1, 0.15) is 5.75 Å². The summed E-state index contributed by atoms with van der Waals surface area (Å²) in [6.45, 7) is -0.105. The number of nitrogens with one attached hydrogen (secondary N) is 1. The number of ether oxygens (including phenoxy) is 1. The number of aliphatic hydroxyl groups is 1. The van der Waals surface area contributed by atoms with Gasteiger partial charge in [-0.1, -0.05) is 42.5 Å². The second-order valence-electron chi connectivity index (χ2n) is 5.88. The molecule has 1 saturated carbocycles. The van der Waals surface area contributed by atoms with Gasteiger partial charge in [0, 0.05) is 5.92 Å². The zero-order valence-electron chi connectivity index (χ0n) is 13.1. The lowest BCUT2D eigenvalue weighted by Crippen LogP contribution is -2.32. The van der Waals surface area contributed by atoms with E-state index in [1.165, 1.54) is 0 Å². The molecule has 0 heterocycles. The van der Waals surface area contributed by atoms with Crippen LogP contribution in [0.25, 0.3) is 0 Å². The third-order valence-corrected chi connectivity index (χ3v) is 4.35. The van der Waals surface area contributed by atoms with Gasteiger partial charge in [0.05, 0.1) is 19.8 Å². The van der Waals surface area contributed by atoms with Crippen molar-refractivity contribution in [2.45, 2.75) is 18.4 Å². The van der Waals surface area contributed by atoms with Crippen LogP contribution in [0.1, 0.15) is 29.5 Å². The Morgan fingerprint density at radius 2 is 2.04 bits per heavy atom. The van der Waals surface area contributed by atoms with Crippen molar-refractivity contribution >= 4 is 5.91 Å². The normalized spacial score (nSPS) is 20.6. The summed E-state index contributed by atoms with van der Waals surface area (Å²) in [5, 5.41) is 12.5. The van der Waals surface area contributed by atoms with Gasteiger partial charge >= 0.3 is 0 Å². The summed E-state index contributed by atoms with van der Waals surface area (Å²) in [4.78, 5) is 12.4. The summed E-state index contributed by atoms with van der Waals surface area (Å²) in [7, 11) is 1.64. The Labute approximate surface area is 136 Å². The molecule has 1 aliphatic rings. The summed E-state index contributed by atoms with van der Waals surface area (Å²) >= 11 is 0. The fourth-order valence-electron chi connectivity index (χ4n) is 2.92. The van der Waals surface area contributed by atoms with Crippen LogP contribution in [0.2, 0.25) is 0 Å². The summed E-state index contributed by atoms with van der Waals surface area (Å²) in [6.07, 6.45) is 0.839. The fraction of sp³-hybridized carbons (Fsp3) is 0.316. The fourth-order valence-corrected chi connectivity index (χ4v) is 2.92. The van der Waals surface area contributed by atoms with Gasteiger partial charge in [0.15, 0.2) is 0 Å². The Hall–Kier alpha value is -2.33. The predicted octanol–water partition coefficient (Wildman–Crippen LogP) is 2.65. The number of hydrogen-bond acceptors (Lipinski definition) is 3. The number of carbonyl (C=O) groups is 1. The van der Waals surface area contributed by atoms with E-state index >= 15 is 0 Å². The zero-order chi connectivity index (χ0) is 16.2. The summed E-state index contributed by atoms with van der Waals surface area (Å²) < 4.78 is 5.23. The number of benzene rings is 2. The molecule has 0 radical (unpaired) electrons. The maximum absolute atomic E-state index is 12.4. The van der Waals surface area contributed by atoms with Crippen LogP contribution in [-0.4, -0.2) is 24.7 Å². The molecule has 23 heavy (non-hydrogen) atoms. The quantitative estimate of drug-likeness (QED) is 0.862. The lowest BCUT2D eigenvalue weighted by Gasteiger charge is -2.16. The van der Waals surface area contributed by atoms with Crippen molar-refractivity contribution in [1.29, 1.82) is 0 Å². The Morgan fingerprint density at radius 3 is 2.74 bits per heavy atom. The summed E-state index contributed by atoms with van der Waals surface area (Å²) in [5.74, 6) is 1.02. The van der Waals surface area contributed by atoms with Crippen LogP contribution in [0.15, 0.2) is 54.6 Å². The molecule has 2 aromatic rings. The third kappa shape index (κ3) is 3.54. The molecule has 2 N–H and O–H groups in total. The van der Waals surface area contributed by atoms with Gasteiger partial charge in [0.2, 0.25) is 5.91 Å². The van der Waals surface area contributed by atoms with Gasteiger partial charge in [0.25, 0.3) is 0 Å². The molecule has 0 bridgehead atoms. The summed E-state index contributed by atoms with van der Waals surface area (Å²) in [5.41, 5.74) is 2.05. The summed E-state index contributed by atoms with van der Waals surface area (Å²) in [6, 6.07) is 17.1. The molecule has 0 spiro atoms. The van der Waals surface area contributed by atoms with Crippen molar-refractivity contribution in [2.75, 3.05) is 13.7 Å². The topological polar surface area (TPSA) is 58.6 Å². The molecular weight excluding hydrogens is 290 g/mol. The van der Waals surface area contributed by atoms with Crippen LogP contribution in [0.3, 0.4) is 0 Å². The highest BCUT2D eigenvalue weighted by Crippen LogP contribution is 2.48. The van der Waals surface area contributed by atoms with E-state index < -0.39 is 0 Å². The highest BCUT2D eigenvalue weighted by Gasteiger charge is 2.44. The monoisotopic (exact) mass is 311 g/mol. The van der Waals surface area contributed by atoms with Crippen molar-refractivity contribution in [1.82, 2.24) is 5.32 Å². The largest absolute Gasteiger partial charge is 0.497 e. The molecular formula is C19H21NO3. The van der Waals surface area contributed by atoms with Crippen molar-refractivity contribution in [3.8, 4) is 5.75 Å². The van der Waals surface area contributed by atoms with E-state index in [2.05, 4.69) is 5.32 Å². The molecule has 4 nitrogen and oxygen atoms in total. The van der Waals surface area contributed by atoms with Crippen molar-refractivity contribution in [3.05, 3.63) is 65.7 Å². The minimum atomic E-state index is -0.352. The highest BCUT2D eigenvalue weighted by atomic mass is 16.5. The number of hydrogen-bond donors (Lipinski definition) is 2. The second kappa shape index (κ2) is 6.84. The highest BCUT2D eigenvalue weighted by molar-refractivity contribution is 5.83. The van der Waals surface area contributed by atoms with E-state index in [4.69, 9.17) is 4.74 Å². The van der Waals surface area contributed by atoms with Gasteiger partial charge in [-0.15, -0.1) is 0 Å². The van der Waals surface area contributed by atoms with Gasteiger partial charge in [-0.2, -0.15) is 0 Å². The van der Waals surface area contributed by atoms with E-state index in [0.29, 0.717) is 0 Å². The molecule has 3 unspecified atom stereocenters. The minimum absolute atomic E-state index is 0.000669. The van der Waals surface area contributed by atoms with Crippen molar-refractivity contribution in [2.24, 2.45) is 5.92 Å². The van der Waals surface area contributed by atoms with E-state index in [1.54, 1.807) is 7.11 Å². The van der Waals surface area contributed by atoms with Crippen LogP contribution >= 0.6 is 0 Å². The first kappa shape index (κ1) is 15.6. The second-order valence-corrected chi connectivity index (χ2v) is 5.88. The van der Waals surface area contributed by atoms with E-state index in [9.17, 15) is 9.90 Å². The van der Waals surface area contributed by atoms with Crippen molar-refractivity contribution < 1.29 is 14.6 Å². The number of amides is 1. The smallest absolute Gasteiger partial charge is 0.224 e. The molecule has 0 saturated heterocycles. The number of rotatable bonds is 6. The molecule has 1 aliphatic carbocycles. The molecule has 3 atom stereocenters. The van der Waals surface area contributed by atoms with E-state index in [1.807, 2.05) is 54.6 Å². The maximum Gasteiger partial charge on any atom is 0.224 e. The first-order chi connectivity index (χ1) is 11.2. The van der Waals surface area contributed by atoms with E-state index in [-0.39, 0.29) is 30.4 Å². The third-order valence-electron chi connectivity index (χ3n) is 4.35. The van der Waals surface area contributed by atoms with Crippen LogP contribution in [0.4, 0.5) is 0 Å². The Kier molecular flexibility index (Phi) is 4.63. The van der Waals surface area contributed by atoms with Gasteiger partial charge < -0.3 is 15.2 Å². The lowest BCUT2D eigenvalue weighted by molar-refractivity contribution is -0.123. The lowest BCUT2D eigenvalue weighted by atomic mass is 10.1. The van der Waals surface area contributed by atoms with Crippen LogP contribution in [0.5, 0.6) is 5.75 Å². The standard InChI is InChI=1S/C19H21NO3/c1-23-15-9-5-8-14(10-15)16-11-17(16)19(22)20-18(12-21)13-6-3-2-4-7-13/h2-10,16-18,21H,11-12H2,1H3,(H,20,22). The average molecular weight is 311 g/mol. The number of aliphatic hydroxyl groups excluding tert-OH is 1. The molecule has 2 aromatic carbocycles. The number of carbonyl (C=O) groups excluding carboxylic acids is 1. The Morgan fingerprint density at radius 1 is 1.26 bits per heavy atom. The molecule has 0 aromatic heterocycles. The zero-order valence-corrected chi connectivity index (χ0v) is 13.1.